The standard InChI is InChI=1S/C18H25N3O/c1-5-7-8-15(19)18-20-16-12-14(22-13(3)4)9-10-17(16)21(18)11-6-2/h2,9-10,12-13,15H,5,7-8,11,19H2,1,3-4H3. The Bertz CT molecular complexity index is 667. The lowest BCUT2D eigenvalue weighted by atomic mass is 10.1. The first-order valence-electron chi connectivity index (χ1n) is 7.92. The van der Waals surface area contributed by atoms with Crippen molar-refractivity contribution in [1.82, 2.24) is 9.55 Å². The van der Waals surface area contributed by atoms with Gasteiger partial charge in [0.15, 0.2) is 0 Å². The van der Waals surface area contributed by atoms with Crippen molar-refractivity contribution in [2.75, 3.05) is 0 Å². The van der Waals surface area contributed by atoms with Gasteiger partial charge in [0.25, 0.3) is 0 Å². The Hall–Kier alpha value is -1.99. The molecule has 0 amide bonds. The van der Waals surface area contributed by atoms with Crippen LogP contribution in [0.3, 0.4) is 0 Å². The summed E-state index contributed by atoms with van der Waals surface area (Å²) in [6, 6.07) is 5.83. The zero-order valence-corrected chi connectivity index (χ0v) is 13.7. The predicted molar refractivity (Wildman–Crippen MR) is 90.8 cm³/mol. The summed E-state index contributed by atoms with van der Waals surface area (Å²) in [6.45, 7) is 6.66. The van der Waals surface area contributed by atoms with E-state index in [0.29, 0.717) is 6.54 Å². The molecule has 0 aliphatic heterocycles. The fraction of sp³-hybridized carbons (Fsp3) is 0.500. The molecule has 1 unspecified atom stereocenters. The van der Waals surface area contributed by atoms with Gasteiger partial charge in [0.1, 0.15) is 11.6 Å². The molecular weight excluding hydrogens is 274 g/mol. The topological polar surface area (TPSA) is 53.1 Å². The second-order valence-electron chi connectivity index (χ2n) is 5.83. The predicted octanol–water partition coefficient (Wildman–Crippen LogP) is 3.65. The third kappa shape index (κ3) is 3.61. The van der Waals surface area contributed by atoms with Crippen molar-refractivity contribution < 1.29 is 4.74 Å². The van der Waals surface area contributed by atoms with Crippen molar-refractivity contribution in [2.45, 2.75) is 58.7 Å². The number of nitrogens with two attached hydrogens (primary N) is 1. The highest BCUT2D eigenvalue weighted by Crippen LogP contribution is 2.26. The lowest BCUT2D eigenvalue weighted by Crippen LogP contribution is -2.16. The highest BCUT2D eigenvalue weighted by Gasteiger charge is 2.17. The summed E-state index contributed by atoms with van der Waals surface area (Å²) in [5.74, 6) is 4.38. The van der Waals surface area contributed by atoms with Crippen molar-refractivity contribution in [3.63, 3.8) is 0 Å². The van der Waals surface area contributed by atoms with Crippen molar-refractivity contribution >= 4 is 11.0 Å². The number of nitrogens with zero attached hydrogens (tertiary/aromatic N) is 2. The first kappa shape index (κ1) is 16.4. The molecule has 0 bridgehead atoms. The molecule has 118 valence electrons. The molecule has 4 nitrogen and oxygen atoms in total. The van der Waals surface area contributed by atoms with Gasteiger partial charge < -0.3 is 15.0 Å². The molecule has 4 heteroatoms. The van der Waals surface area contributed by atoms with Crippen LogP contribution in [0.15, 0.2) is 18.2 Å². The van der Waals surface area contributed by atoms with Crippen molar-refractivity contribution in [2.24, 2.45) is 5.73 Å². The first-order chi connectivity index (χ1) is 10.6. The third-order valence-electron chi connectivity index (χ3n) is 3.57. The van der Waals surface area contributed by atoms with E-state index in [1.807, 2.05) is 36.6 Å². The van der Waals surface area contributed by atoms with Crippen molar-refractivity contribution in [1.29, 1.82) is 0 Å². The van der Waals surface area contributed by atoms with E-state index in [9.17, 15) is 0 Å². The Kier molecular flexibility index (Phi) is 5.46. The summed E-state index contributed by atoms with van der Waals surface area (Å²) in [5.41, 5.74) is 8.21. The molecule has 1 heterocycles. The quantitative estimate of drug-likeness (QED) is 0.794. The lowest BCUT2D eigenvalue weighted by molar-refractivity contribution is 0.242. The van der Waals surface area contributed by atoms with Crippen LogP contribution in [0, 0.1) is 12.3 Å². The van der Waals surface area contributed by atoms with E-state index < -0.39 is 0 Å². The van der Waals surface area contributed by atoms with E-state index in [2.05, 4.69) is 12.8 Å². The number of aromatic nitrogens is 2. The van der Waals surface area contributed by atoms with E-state index >= 15 is 0 Å². The monoisotopic (exact) mass is 299 g/mol. The number of benzene rings is 1. The van der Waals surface area contributed by atoms with Crippen molar-refractivity contribution in [3.05, 3.63) is 24.0 Å². The summed E-state index contributed by atoms with van der Waals surface area (Å²) in [5, 5.41) is 0. The number of terminal acetylenes is 1. The van der Waals surface area contributed by atoms with E-state index in [1.165, 1.54) is 0 Å². The highest BCUT2D eigenvalue weighted by molar-refractivity contribution is 5.78. The van der Waals surface area contributed by atoms with Gasteiger partial charge in [-0.05, 0) is 32.4 Å². The third-order valence-corrected chi connectivity index (χ3v) is 3.57. The molecule has 2 rings (SSSR count). The van der Waals surface area contributed by atoms with E-state index in [4.69, 9.17) is 21.9 Å². The number of hydrogen-bond donors (Lipinski definition) is 1. The molecule has 0 aliphatic carbocycles. The molecule has 2 N–H and O–H groups in total. The average molecular weight is 299 g/mol. The Morgan fingerprint density at radius 2 is 2.18 bits per heavy atom. The van der Waals surface area contributed by atoms with Gasteiger partial charge in [0.2, 0.25) is 0 Å². The average Bonchev–Trinajstić information content (AvgIpc) is 2.83. The van der Waals surface area contributed by atoms with Gasteiger partial charge in [-0.2, -0.15) is 0 Å². The minimum absolute atomic E-state index is 0.0878. The zero-order chi connectivity index (χ0) is 16.1. The van der Waals surface area contributed by atoms with E-state index in [0.717, 1.165) is 41.9 Å². The minimum atomic E-state index is -0.0878. The Morgan fingerprint density at radius 1 is 1.41 bits per heavy atom. The second kappa shape index (κ2) is 7.33. The number of fused-ring (bicyclic) bond motifs is 1. The zero-order valence-electron chi connectivity index (χ0n) is 13.7. The molecule has 1 aromatic carbocycles. The molecule has 0 fully saturated rings. The molecule has 0 aliphatic rings. The van der Waals surface area contributed by atoms with Crippen LogP contribution in [0.25, 0.3) is 11.0 Å². The number of unbranched alkanes of at least 4 members (excludes halogenated alkanes) is 1. The molecule has 0 saturated heterocycles. The summed E-state index contributed by atoms with van der Waals surface area (Å²) >= 11 is 0. The van der Waals surface area contributed by atoms with Crippen LogP contribution in [0.4, 0.5) is 0 Å². The van der Waals surface area contributed by atoms with Crippen LogP contribution >= 0.6 is 0 Å². The van der Waals surface area contributed by atoms with Gasteiger partial charge in [0, 0.05) is 6.07 Å². The van der Waals surface area contributed by atoms with Crippen LogP contribution in [0.2, 0.25) is 0 Å². The van der Waals surface area contributed by atoms with Crippen LogP contribution in [-0.2, 0) is 6.54 Å². The number of ether oxygens (including phenoxy) is 1. The lowest BCUT2D eigenvalue weighted by Gasteiger charge is -2.12. The van der Waals surface area contributed by atoms with Crippen molar-refractivity contribution in [3.8, 4) is 18.1 Å². The second-order valence-corrected chi connectivity index (χ2v) is 5.83. The first-order valence-corrected chi connectivity index (χ1v) is 7.92. The van der Waals surface area contributed by atoms with Crippen LogP contribution in [0.5, 0.6) is 5.75 Å². The maximum Gasteiger partial charge on any atom is 0.127 e. The smallest absolute Gasteiger partial charge is 0.127 e. The normalized spacial score (nSPS) is 12.5. The summed E-state index contributed by atoms with van der Waals surface area (Å²) < 4.78 is 7.77. The maximum absolute atomic E-state index is 6.31. The van der Waals surface area contributed by atoms with Crippen LogP contribution in [-0.4, -0.2) is 15.7 Å². The number of hydrogen-bond acceptors (Lipinski definition) is 3. The molecule has 22 heavy (non-hydrogen) atoms. The van der Waals surface area contributed by atoms with Crippen LogP contribution in [0.1, 0.15) is 51.9 Å². The Labute approximate surface area is 132 Å². The summed E-state index contributed by atoms with van der Waals surface area (Å²) in [4.78, 5) is 4.71. The van der Waals surface area contributed by atoms with Gasteiger partial charge in [-0.1, -0.05) is 25.7 Å². The van der Waals surface area contributed by atoms with Gasteiger partial charge in [-0.3, -0.25) is 0 Å². The van der Waals surface area contributed by atoms with Crippen LogP contribution < -0.4 is 10.5 Å². The maximum atomic E-state index is 6.31. The Balaban J connectivity index is 2.42. The minimum Gasteiger partial charge on any atom is -0.491 e. The molecule has 0 saturated carbocycles. The van der Waals surface area contributed by atoms with Gasteiger partial charge in [-0.25, -0.2) is 4.98 Å². The van der Waals surface area contributed by atoms with E-state index in [1.54, 1.807) is 0 Å². The molecule has 0 spiro atoms. The number of imidazole rings is 1. The van der Waals surface area contributed by atoms with Gasteiger partial charge >= 0.3 is 0 Å². The van der Waals surface area contributed by atoms with E-state index in [-0.39, 0.29) is 12.1 Å². The fourth-order valence-corrected chi connectivity index (χ4v) is 2.57. The molecule has 2 aromatic rings. The summed E-state index contributed by atoms with van der Waals surface area (Å²) in [6.07, 6.45) is 8.77. The van der Waals surface area contributed by atoms with Gasteiger partial charge in [0.05, 0.1) is 29.7 Å². The molecule has 1 aromatic heterocycles. The SMILES string of the molecule is C#CCn1c(C(N)CCCC)nc2cc(OC(C)C)ccc21. The highest BCUT2D eigenvalue weighted by atomic mass is 16.5. The largest absolute Gasteiger partial charge is 0.491 e. The Morgan fingerprint density at radius 3 is 2.82 bits per heavy atom. The molecule has 1 atom stereocenters. The number of rotatable bonds is 7. The molecular formula is C18H25N3O. The van der Waals surface area contributed by atoms with Gasteiger partial charge in [-0.15, -0.1) is 6.42 Å². The molecule has 0 radical (unpaired) electrons. The fourth-order valence-electron chi connectivity index (χ4n) is 2.57. The summed E-state index contributed by atoms with van der Waals surface area (Å²) in [7, 11) is 0.